The molecule has 0 spiro atoms. The van der Waals surface area contributed by atoms with Gasteiger partial charge in [0.2, 0.25) is 0 Å². The molecule has 0 amide bonds. The van der Waals surface area contributed by atoms with E-state index in [1.807, 2.05) is 20.0 Å². The summed E-state index contributed by atoms with van der Waals surface area (Å²) in [7, 11) is 0. The summed E-state index contributed by atoms with van der Waals surface area (Å²) in [6.07, 6.45) is 6.98. The maximum atomic E-state index is 10.2. The summed E-state index contributed by atoms with van der Waals surface area (Å²) in [5, 5.41) is 17.7. The predicted molar refractivity (Wildman–Crippen MR) is 199 cm³/mol. The van der Waals surface area contributed by atoms with E-state index in [-0.39, 0.29) is 36.4 Å². The molecular weight excluding hydrogens is 755 g/mol. The van der Waals surface area contributed by atoms with E-state index in [0.29, 0.717) is 11.5 Å². The number of aryl methyl sites for hydroxylation is 1. The third-order valence-corrected chi connectivity index (χ3v) is 10.4. The molecule has 0 aliphatic heterocycles. The molecule has 5 rings (SSSR count). The molecule has 0 fully saturated rings. The van der Waals surface area contributed by atoms with Crippen molar-refractivity contribution in [2.75, 3.05) is 0 Å². The number of nitrogens with zero attached hydrogens (tertiary/aromatic N) is 1. The number of hydrogen-bond acceptors (Lipinski definition) is 2. The molecule has 1 heterocycles. The van der Waals surface area contributed by atoms with Gasteiger partial charge in [0, 0.05) is 31.7 Å². The summed E-state index contributed by atoms with van der Waals surface area (Å²) in [5.74, 6) is 0.598. The fourth-order valence-corrected chi connectivity index (χ4v) is 5.95. The van der Waals surface area contributed by atoms with Crippen LogP contribution in [0.5, 0.6) is 0 Å². The summed E-state index contributed by atoms with van der Waals surface area (Å²) in [4.78, 5) is 15.0. The van der Waals surface area contributed by atoms with E-state index in [0.717, 1.165) is 42.5 Å². The van der Waals surface area contributed by atoms with Crippen molar-refractivity contribution in [3.8, 4) is 11.3 Å². The average molecular weight is 808 g/mol. The van der Waals surface area contributed by atoms with Crippen molar-refractivity contribution < 1.29 is 30.0 Å². The number of carbonyl (C=O) groups excluding carboxylic acids is 1. The maximum absolute atomic E-state index is 10.2. The van der Waals surface area contributed by atoms with Gasteiger partial charge in [-0.15, -0.1) is 34.9 Å². The average Bonchev–Trinajstić information content (AvgIpc) is 3.06. The van der Waals surface area contributed by atoms with Crippen LogP contribution in [0, 0.1) is 23.8 Å². The number of allylic oxidation sites excluding steroid dienone is 2. The van der Waals surface area contributed by atoms with E-state index in [1.54, 1.807) is 6.08 Å². The first-order valence-corrected chi connectivity index (χ1v) is 16.9. The zero-order valence-electron chi connectivity index (χ0n) is 30.0. The minimum atomic E-state index is -0.226. The van der Waals surface area contributed by atoms with Crippen LogP contribution in [0.15, 0.2) is 84.8 Å². The van der Waals surface area contributed by atoms with E-state index >= 15 is 0 Å². The second-order valence-corrected chi connectivity index (χ2v) is 14.4. The van der Waals surface area contributed by atoms with Gasteiger partial charge in [-0.1, -0.05) is 111 Å². The first-order valence-electron chi connectivity index (χ1n) is 16.9. The van der Waals surface area contributed by atoms with E-state index in [1.165, 1.54) is 37.9 Å². The molecule has 0 aliphatic carbocycles. The van der Waals surface area contributed by atoms with Gasteiger partial charge in [0.25, 0.3) is 0 Å². The molecule has 251 valence electrons. The summed E-state index contributed by atoms with van der Waals surface area (Å²) in [5.41, 5.74) is 4.18. The summed E-state index contributed by atoms with van der Waals surface area (Å²) >= 11 is 0. The molecule has 4 heteroatoms. The van der Waals surface area contributed by atoms with Crippen molar-refractivity contribution in [2.45, 2.75) is 100 Å². The molecule has 0 aliphatic rings. The topological polar surface area (TPSA) is 54.5 Å². The van der Waals surface area contributed by atoms with Gasteiger partial charge in [-0.2, -0.15) is 0 Å². The molecule has 4 aromatic carbocycles. The minimum Gasteiger partial charge on any atom is -0.511 e. The Morgan fingerprint density at radius 1 is 0.745 bits per heavy atom. The van der Waals surface area contributed by atoms with E-state index < -0.39 is 0 Å². The van der Waals surface area contributed by atoms with Crippen molar-refractivity contribution in [3.05, 3.63) is 102 Å². The van der Waals surface area contributed by atoms with Crippen LogP contribution in [0.2, 0.25) is 0 Å². The maximum Gasteiger partial charge on any atom is 0.325 e. The molecular formula is C43H53IrNO2. The third-order valence-electron chi connectivity index (χ3n) is 10.4. The number of ketones is 1. The van der Waals surface area contributed by atoms with E-state index in [2.05, 4.69) is 128 Å². The number of rotatable bonds is 8. The molecule has 0 atom stereocenters. The fourth-order valence-electron chi connectivity index (χ4n) is 5.95. The number of benzene rings is 4. The summed E-state index contributed by atoms with van der Waals surface area (Å²) in [6, 6.07) is 27.7. The minimum absolute atomic E-state index is 0. The Morgan fingerprint density at radius 2 is 1.30 bits per heavy atom. The van der Waals surface area contributed by atoms with Gasteiger partial charge in [0.1, 0.15) is 5.76 Å². The van der Waals surface area contributed by atoms with Crippen LogP contribution >= 0.6 is 0 Å². The Labute approximate surface area is 296 Å². The van der Waals surface area contributed by atoms with Crippen LogP contribution in [-0.2, 0) is 25.5 Å². The Balaban J connectivity index is 0.000000290. The molecule has 47 heavy (non-hydrogen) atoms. The van der Waals surface area contributed by atoms with Gasteiger partial charge in [-0.3, -0.25) is 4.79 Å². The monoisotopic (exact) mass is 808 g/mol. The molecule has 0 bridgehead atoms. The van der Waals surface area contributed by atoms with Crippen molar-refractivity contribution >= 4 is 38.1 Å². The number of aliphatic hydroxyl groups is 1. The van der Waals surface area contributed by atoms with Gasteiger partial charge >= 0.3 is 5.78 Å². The molecule has 1 radical (unpaired) electrons. The molecule has 0 unspecified atom stereocenters. The van der Waals surface area contributed by atoms with Crippen molar-refractivity contribution in [1.82, 2.24) is 4.98 Å². The van der Waals surface area contributed by atoms with Gasteiger partial charge < -0.3 is 10.1 Å². The van der Waals surface area contributed by atoms with Gasteiger partial charge in [0.15, 0.2) is 0 Å². The van der Waals surface area contributed by atoms with Gasteiger partial charge in [0.05, 0.1) is 11.5 Å². The van der Waals surface area contributed by atoms with Crippen LogP contribution in [0.25, 0.3) is 43.6 Å². The van der Waals surface area contributed by atoms with Crippen LogP contribution < -0.4 is 0 Å². The molecule has 1 aromatic heterocycles. The van der Waals surface area contributed by atoms with Crippen LogP contribution in [0.4, 0.5) is 0 Å². The molecule has 2 N–H and O–H groups in total. The van der Waals surface area contributed by atoms with Crippen molar-refractivity contribution in [3.63, 3.8) is 0 Å². The zero-order valence-corrected chi connectivity index (χ0v) is 32.4. The first-order chi connectivity index (χ1) is 21.7. The van der Waals surface area contributed by atoms with Crippen LogP contribution in [0.3, 0.4) is 0 Å². The molecule has 3 nitrogen and oxygen atoms in total. The Bertz CT molecular complexity index is 1890. The molecule has 0 saturated carbocycles. The summed E-state index contributed by atoms with van der Waals surface area (Å²) < 4.78 is 0. The largest absolute Gasteiger partial charge is 0.511 e. The first kappa shape index (κ1) is 38.1. The van der Waals surface area contributed by atoms with Gasteiger partial charge in [-0.25, -0.2) is 0 Å². The quantitative estimate of drug-likeness (QED) is 0.0558. The number of pyridine rings is 1. The van der Waals surface area contributed by atoms with Gasteiger partial charge in [-0.05, 0) is 82.1 Å². The predicted octanol–water partition coefficient (Wildman–Crippen LogP) is 12.2. The molecule has 5 aromatic rings. The van der Waals surface area contributed by atoms with E-state index in [9.17, 15) is 9.90 Å². The SMILES string of the molecule is CCC(C)(CC)C(=[OH+])/C=C(\O)C(C)(CC)CC.Cc1[c-]c(-c2nccc3c2ccc2c4ccccc4ccc32)cc(C(C)(C)C)c1.[Ir]. The fraction of sp³-hybridized carbons (Fsp3) is 0.395. The van der Waals surface area contributed by atoms with Crippen LogP contribution in [-0.4, -0.2) is 20.7 Å². The standard InChI is InChI=1S/C28H24N.C15H28O2.Ir/c1-18-15-20(17-21(16-18)28(2,3)4)27-26-12-11-23-22-8-6-5-7-19(22)9-10-24(23)25(26)13-14-29-27;1-7-14(5,8-2)12(16)11-13(17)15(6,9-3)10-4;/h5-14,16-17H,1-4H3;11,16H,7-10H2,1-6H3;/q-1;;/p+1/b;12-11-;. The Kier molecular flexibility index (Phi) is 12.4. The Hall–Kier alpha value is -3.33. The number of aliphatic hydroxyl groups excluding tert-OH is 1. The number of aromatic nitrogens is 1. The zero-order chi connectivity index (χ0) is 33.9. The van der Waals surface area contributed by atoms with Crippen molar-refractivity contribution in [1.29, 1.82) is 0 Å². The Morgan fingerprint density at radius 3 is 1.91 bits per heavy atom. The second kappa shape index (κ2) is 15.3. The third kappa shape index (κ3) is 8.04. The van der Waals surface area contributed by atoms with Crippen LogP contribution in [0.1, 0.15) is 99.1 Å². The molecule has 0 saturated heterocycles. The normalized spacial score (nSPS) is 12.5. The smallest absolute Gasteiger partial charge is 0.325 e. The van der Waals surface area contributed by atoms with E-state index in [4.69, 9.17) is 4.98 Å². The number of fused-ring (bicyclic) bond motifs is 5. The summed E-state index contributed by atoms with van der Waals surface area (Å²) in [6.45, 7) is 21.2. The van der Waals surface area contributed by atoms with Crippen molar-refractivity contribution in [2.24, 2.45) is 10.8 Å². The second-order valence-electron chi connectivity index (χ2n) is 14.4. The number of hydrogen-bond donors (Lipinski definition) is 1.